The molecule has 10 heteroatoms. The molecule has 0 unspecified atom stereocenters. The van der Waals surface area contributed by atoms with Crippen LogP contribution in [0.2, 0.25) is 0 Å². The molecule has 1 amide bonds. The Hall–Kier alpha value is -1.10. The number of fused-ring (bicyclic) bond motifs is 1. The molecule has 20 heavy (non-hydrogen) atoms. The smallest absolute Gasteiger partial charge is 0.352 e. The van der Waals surface area contributed by atoms with Crippen molar-refractivity contribution < 1.29 is 14.7 Å². The van der Waals surface area contributed by atoms with Crippen molar-refractivity contribution >= 4 is 46.7 Å². The summed E-state index contributed by atoms with van der Waals surface area (Å²) in [4.78, 5) is 24.5. The second kappa shape index (κ2) is 5.35. The molecule has 0 bridgehead atoms. The van der Waals surface area contributed by atoms with Crippen LogP contribution in [0.15, 0.2) is 21.1 Å². The molecule has 2 aliphatic rings. The molecule has 0 radical (unpaired) electrons. The van der Waals surface area contributed by atoms with Gasteiger partial charge in [0.2, 0.25) is 5.91 Å². The normalized spacial score (nSPS) is 25.4. The Bertz CT molecular complexity index is 589. The largest absolute Gasteiger partial charge is 0.477 e. The summed E-state index contributed by atoms with van der Waals surface area (Å²) in [5, 5.41) is 16.7. The highest BCUT2D eigenvalue weighted by atomic mass is 32.2. The number of carboxylic acid groups (broad SMARTS) is 1. The van der Waals surface area contributed by atoms with Crippen LogP contribution in [-0.4, -0.2) is 55.0 Å². The third-order valence-corrected chi connectivity index (χ3v) is 6.31. The monoisotopic (exact) mass is 330 g/mol. The molecular weight excluding hydrogens is 320 g/mol. The minimum absolute atomic E-state index is 0.0810. The summed E-state index contributed by atoms with van der Waals surface area (Å²) >= 11 is 4.33. The number of β-lactam (4-membered cyclic amide) rings is 1. The van der Waals surface area contributed by atoms with Gasteiger partial charge in [-0.25, -0.2) is 4.79 Å². The molecule has 1 saturated heterocycles. The Kier molecular flexibility index (Phi) is 3.71. The van der Waals surface area contributed by atoms with E-state index in [2.05, 4.69) is 10.2 Å². The average molecular weight is 330 g/mol. The fraction of sp³-hybridized carbons (Fsp3) is 0.400. The van der Waals surface area contributed by atoms with Crippen molar-refractivity contribution in [3.05, 3.63) is 16.8 Å². The summed E-state index contributed by atoms with van der Waals surface area (Å²) in [5.74, 6) is -0.355. The van der Waals surface area contributed by atoms with E-state index in [0.29, 0.717) is 11.5 Å². The molecule has 1 aromatic heterocycles. The lowest BCUT2D eigenvalue weighted by Gasteiger charge is -2.48. The van der Waals surface area contributed by atoms with E-state index in [4.69, 9.17) is 5.73 Å². The first-order chi connectivity index (χ1) is 9.59. The molecule has 1 aromatic rings. The number of hydrogen-bond acceptors (Lipinski definition) is 8. The highest BCUT2D eigenvalue weighted by molar-refractivity contribution is 8.01. The molecule has 2 aliphatic heterocycles. The number of amides is 1. The molecule has 106 valence electrons. The number of nitrogens with zero attached hydrogens (tertiary/aromatic N) is 3. The van der Waals surface area contributed by atoms with E-state index >= 15 is 0 Å². The van der Waals surface area contributed by atoms with Crippen molar-refractivity contribution in [2.75, 3.05) is 11.5 Å². The average Bonchev–Trinajstić information content (AvgIpc) is 2.96. The van der Waals surface area contributed by atoms with E-state index in [1.54, 1.807) is 5.51 Å². The van der Waals surface area contributed by atoms with Crippen LogP contribution in [-0.2, 0) is 9.59 Å². The number of carboxylic acids is 1. The van der Waals surface area contributed by atoms with Gasteiger partial charge in [-0.3, -0.25) is 9.69 Å². The Morgan fingerprint density at radius 3 is 3.10 bits per heavy atom. The maximum absolute atomic E-state index is 11.8. The van der Waals surface area contributed by atoms with Crippen LogP contribution in [0.5, 0.6) is 0 Å². The Morgan fingerprint density at radius 2 is 2.45 bits per heavy atom. The van der Waals surface area contributed by atoms with Crippen LogP contribution in [0.1, 0.15) is 0 Å². The van der Waals surface area contributed by atoms with Gasteiger partial charge in [0, 0.05) is 11.5 Å². The zero-order valence-corrected chi connectivity index (χ0v) is 12.5. The van der Waals surface area contributed by atoms with Gasteiger partial charge < -0.3 is 10.8 Å². The van der Waals surface area contributed by atoms with Gasteiger partial charge in [-0.15, -0.1) is 22.0 Å². The summed E-state index contributed by atoms with van der Waals surface area (Å²) in [6, 6.07) is -0.591. The van der Waals surface area contributed by atoms with E-state index in [-0.39, 0.29) is 17.0 Å². The van der Waals surface area contributed by atoms with E-state index < -0.39 is 12.0 Å². The van der Waals surface area contributed by atoms with E-state index in [9.17, 15) is 14.7 Å². The molecular formula is C10H10N4O3S3. The first-order valence-corrected chi connectivity index (χ1v) is 8.55. The van der Waals surface area contributed by atoms with Gasteiger partial charge in [0.25, 0.3) is 0 Å². The minimum atomic E-state index is -1.08. The zero-order chi connectivity index (χ0) is 14.3. The lowest BCUT2D eigenvalue weighted by Crippen LogP contribution is -2.68. The standard InChI is InChI=1S/C10H10N4O3S3/c11-5-7(15)14-6(9(16)17)4(1-18-8(5)14)2-19-10-13-12-3-20-10/h3,5,8H,1-2,11H2,(H,16,17)/t5-,8-/m0/s1. The second-order valence-corrected chi connectivity index (χ2v) is 7.35. The van der Waals surface area contributed by atoms with Gasteiger partial charge in [0.1, 0.15) is 22.6 Å². The fourth-order valence-electron chi connectivity index (χ4n) is 2.07. The first kappa shape index (κ1) is 13.9. The van der Waals surface area contributed by atoms with Crippen molar-refractivity contribution in [2.45, 2.75) is 15.8 Å². The Balaban J connectivity index is 1.82. The van der Waals surface area contributed by atoms with Crippen LogP contribution in [0, 0.1) is 0 Å². The zero-order valence-electron chi connectivity index (χ0n) is 10.1. The first-order valence-electron chi connectivity index (χ1n) is 5.64. The van der Waals surface area contributed by atoms with Crippen LogP contribution < -0.4 is 5.73 Å². The van der Waals surface area contributed by atoms with Gasteiger partial charge in [-0.1, -0.05) is 23.1 Å². The third-order valence-electron chi connectivity index (χ3n) is 3.00. The number of nitrogens with two attached hydrogens (primary N) is 1. The minimum Gasteiger partial charge on any atom is -0.477 e. The molecule has 3 heterocycles. The predicted molar refractivity (Wildman–Crippen MR) is 76.4 cm³/mol. The number of carbonyl (C=O) groups excluding carboxylic acids is 1. The molecule has 3 N–H and O–H groups in total. The summed E-state index contributed by atoms with van der Waals surface area (Å²) in [5.41, 5.74) is 8.11. The van der Waals surface area contributed by atoms with Crippen LogP contribution >= 0.6 is 34.9 Å². The highest BCUT2D eigenvalue weighted by Crippen LogP contribution is 2.40. The number of aliphatic carboxylic acids is 1. The summed E-state index contributed by atoms with van der Waals surface area (Å²) in [6.07, 6.45) is 0. The van der Waals surface area contributed by atoms with Crippen molar-refractivity contribution in [3.63, 3.8) is 0 Å². The summed E-state index contributed by atoms with van der Waals surface area (Å²) in [7, 11) is 0. The summed E-state index contributed by atoms with van der Waals surface area (Å²) < 4.78 is 0.779. The van der Waals surface area contributed by atoms with Crippen molar-refractivity contribution in [1.82, 2.24) is 15.1 Å². The lowest BCUT2D eigenvalue weighted by atomic mass is 10.0. The van der Waals surface area contributed by atoms with Gasteiger partial charge in [-0.05, 0) is 5.57 Å². The van der Waals surface area contributed by atoms with E-state index in [0.717, 1.165) is 9.91 Å². The molecule has 3 rings (SSSR count). The molecule has 0 aliphatic carbocycles. The maximum Gasteiger partial charge on any atom is 0.352 e. The molecule has 2 atom stereocenters. The number of rotatable bonds is 4. The SMILES string of the molecule is N[C@H]1C(=O)N2C(C(=O)O)=C(CSc3nncs3)CS[C@@H]12. The number of hydrogen-bond donors (Lipinski definition) is 2. The fourth-order valence-corrected chi connectivity index (χ4v) is 4.99. The number of aromatic nitrogens is 2. The third kappa shape index (κ3) is 2.22. The second-order valence-electron chi connectivity index (χ2n) is 4.19. The number of carbonyl (C=O) groups is 2. The van der Waals surface area contributed by atoms with E-state index in [1.807, 2.05) is 0 Å². The van der Waals surface area contributed by atoms with Crippen molar-refractivity contribution in [1.29, 1.82) is 0 Å². The summed E-state index contributed by atoms with van der Waals surface area (Å²) in [6.45, 7) is 0. The Morgan fingerprint density at radius 1 is 1.65 bits per heavy atom. The topological polar surface area (TPSA) is 109 Å². The Labute approximate surface area is 126 Å². The van der Waals surface area contributed by atoms with Crippen LogP contribution in [0.4, 0.5) is 0 Å². The van der Waals surface area contributed by atoms with Crippen molar-refractivity contribution in [2.24, 2.45) is 5.73 Å². The quantitative estimate of drug-likeness (QED) is 0.596. The predicted octanol–water partition coefficient (Wildman–Crippen LogP) is 0.211. The molecule has 0 saturated carbocycles. The van der Waals surface area contributed by atoms with Crippen LogP contribution in [0.3, 0.4) is 0 Å². The molecule has 0 spiro atoms. The van der Waals surface area contributed by atoms with E-state index in [1.165, 1.54) is 39.8 Å². The van der Waals surface area contributed by atoms with Gasteiger partial charge in [-0.2, -0.15) is 0 Å². The molecule has 0 aromatic carbocycles. The van der Waals surface area contributed by atoms with Gasteiger partial charge in [0.15, 0.2) is 4.34 Å². The van der Waals surface area contributed by atoms with Crippen LogP contribution in [0.25, 0.3) is 0 Å². The molecule has 1 fully saturated rings. The lowest BCUT2D eigenvalue weighted by molar-refractivity contribution is -0.147. The van der Waals surface area contributed by atoms with Crippen molar-refractivity contribution in [3.8, 4) is 0 Å². The number of thioether (sulfide) groups is 2. The van der Waals surface area contributed by atoms with Gasteiger partial charge in [0.05, 0.1) is 0 Å². The highest BCUT2D eigenvalue weighted by Gasteiger charge is 2.51. The maximum atomic E-state index is 11.8. The van der Waals surface area contributed by atoms with Gasteiger partial charge >= 0.3 is 5.97 Å². The molecule has 7 nitrogen and oxygen atoms in total.